The highest BCUT2D eigenvalue weighted by atomic mass is 32.1. The van der Waals surface area contributed by atoms with E-state index in [0.717, 1.165) is 17.0 Å². The molecule has 0 aliphatic heterocycles. The largest absolute Gasteiger partial charge is 0.269 e. The zero-order valence-corrected chi connectivity index (χ0v) is 11.8. The SMILES string of the molecule is CCc1c(/C=C/c2ccccn2)nc2sccn2c1=O. The molecular weight excluding hydrogens is 270 g/mol. The second-order valence-electron chi connectivity index (χ2n) is 4.28. The monoisotopic (exact) mass is 283 g/mol. The van der Waals surface area contributed by atoms with Crippen LogP contribution in [0.25, 0.3) is 17.1 Å². The summed E-state index contributed by atoms with van der Waals surface area (Å²) in [6.07, 6.45) is 7.91. The smallest absolute Gasteiger partial charge is 0.262 e. The maximum absolute atomic E-state index is 12.3. The third-order valence-electron chi connectivity index (χ3n) is 3.04. The number of pyridine rings is 1. The van der Waals surface area contributed by atoms with Crippen LogP contribution in [0.4, 0.5) is 0 Å². The Hall–Kier alpha value is -2.27. The van der Waals surface area contributed by atoms with Crippen LogP contribution >= 0.6 is 11.3 Å². The van der Waals surface area contributed by atoms with Gasteiger partial charge in [-0.1, -0.05) is 13.0 Å². The molecule has 0 aliphatic rings. The highest BCUT2D eigenvalue weighted by Crippen LogP contribution is 2.13. The second-order valence-corrected chi connectivity index (χ2v) is 5.15. The summed E-state index contributed by atoms with van der Waals surface area (Å²) in [6, 6.07) is 5.72. The summed E-state index contributed by atoms with van der Waals surface area (Å²) in [5.74, 6) is 0. The Morgan fingerprint density at radius 1 is 1.35 bits per heavy atom. The number of rotatable bonds is 3. The van der Waals surface area contributed by atoms with E-state index in [1.54, 1.807) is 16.8 Å². The quantitative estimate of drug-likeness (QED) is 0.742. The molecule has 3 heterocycles. The molecule has 0 fully saturated rings. The van der Waals surface area contributed by atoms with Gasteiger partial charge in [0.15, 0.2) is 4.96 Å². The van der Waals surface area contributed by atoms with Gasteiger partial charge in [-0.3, -0.25) is 14.2 Å². The van der Waals surface area contributed by atoms with Gasteiger partial charge in [-0.05, 0) is 30.7 Å². The van der Waals surface area contributed by atoms with E-state index in [9.17, 15) is 4.79 Å². The Morgan fingerprint density at radius 3 is 3.00 bits per heavy atom. The molecule has 0 N–H and O–H groups in total. The fraction of sp³-hybridized carbons (Fsp3) is 0.133. The van der Waals surface area contributed by atoms with Gasteiger partial charge in [-0.25, -0.2) is 4.98 Å². The highest BCUT2D eigenvalue weighted by molar-refractivity contribution is 7.15. The second kappa shape index (κ2) is 5.38. The lowest BCUT2D eigenvalue weighted by atomic mass is 10.1. The van der Waals surface area contributed by atoms with Crippen molar-refractivity contribution >= 4 is 28.4 Å². The first-order valence-electron chi connectivity index (χ1n) is 6.37. The van der Waals surface area contributed by atoms with Crippen LogP contribution in [0.15, 0.2) is 40.8 Å². The molecule has 0 aliphatic carbocycles. The summed E-state index contributed by atoms with van der Waals surface area (Å²) in [6.45, 7) is 1.97. The molecule has 3 rings (SSSR count). The van der Waals surface area contributed by atoms with Gasteiger partial charge >= 0.3 is 0 Å². The van der Waals surface area contributed by atoms with Crippen molar-refractivity contribution < 1.29 is 0 Å². The molecular formula is C15H13N3OS. The van der Waals surface area contributed by atoms with Gasteiger partial charge in [0.2, 0.25) is 0 Å². The van der Waals surface area contributed by atoms with Gasteiger partial charge in [0.1, 0.15) is 0 Å². The molecule has 5 heteroatoms. The molecule has 3 aromatic rings. The third-order valence-corrected chi connectivity index (χ3v) is 3.80. The molecule has 0 aromatic carbocycles. The molecule has 0 saturated carbocycles. The van der Waals surface area contributed by atoms with Crippen molar-refractivity contribution in [2.45, 2.75) is 13.3 Å². The number of nitrogens with zero attached hydrogens (tertiary/aromatic N) is 3. The summed E-state index contributed by atoms with van der Waals surface area (Å²) in [5, 5.41) is 1.87. The van der Waals surface area contributed by atoms with Crippen molar-refractivity contribution in [3.05, 3.63) is 63.3 Å². The van der Waals surface area contributed by atoms with Crippen molar-refractivity contribution in [1.82, 2.24) is 14.4 Å². The van der Waals surface area contributed by atoms with E-state index in [4.69, 9.17) is 0 Å². The van der Waals surface area contributed by atoms with Gasteiger partial charge < -0.3 is 0 Å². The number of hydrogen-bond acceptors (Lipinski definition) is 4. The lowest BCUT2D eigenvalue weighted by molar-refractivity contribution is 0.976. The Balaban J connectivity index is 2.11. The number of hydrogen-bond donors (Lipinski definition) is 0. The lowest BCUT2D eigenvalue weighted by Crippen LogP contribution is -2.19. The third kappa shape index (κ3) is 2.28. The van der Waals surface area contributed by atoms with E-state index in [1.165, 1.54) is 11.3 Å². The summed E-state index contributed by atoms with van der Waals surface area (Å²) in [7, 11) is 0. The van der Waals surface area contributed by atoms with E-state index in [1.807, 2.05) is 42.7 Å². The standard InChI is InChI=1S/C15H13N3OS/c1-2-12-13(7-6-11-5-3-4-8-16-11)17-15-18(14(12)19)9-10-20-15/h3-10H,2H2,1H3/b7-6+. The van der Waals surface area contributed by atoms with Crippen molar-refractivity contribution in [2.75, 3.05) is 0 Å². The molecule has 100 valence electrons. The van der Waals surface area contributed by atoms with Gasteiger partial charge in [0.25, 0.3) is 5.56 Å². The van der Waals surface area contributed by atoms with Crippen molar-refractivity contribution in [1.29, 1.82) is 0 Å². The average molecular weight is 283 g/mol. The minimum atomic E-state index is 0.0134. The Kier molecular flexibility index (Phi) is 3.43. The van der Waals surface area contributed by atoms with Gasteiger partial charge in [-0.2, -0.15) is 0 Å². The van der Waals surface area contributed by atoms with Crippen LogP contribution in [0.3, 0.4) is 0 Å². The first-order chi connectivity index (χ1) is 9.79. The van der Waals surface area contributed by atoms with Gasteiger partial charge in [-0.15, -0.1) is 11.3 Å². The maximum Gasteiger partial charge on any atom is 0.262 e. The molecule has 0 spiro atoms. The Labute approximate surface area is 120 Å². The molecule has 0 radical (unpaired) electrons. The van der Waals surface area contributed by atoms with E-state index in [0.29, 0.717) is 11.4 Å². The van der Waals surface area contributed by atoms with Crippen LogP contribution in [0.2, 0.25) is 0 Å². The van der Waals surface area contributed by atoms with E-state index >= 15 is 0 Å². The molecule has 4 nitrogen and oxygen atoms in total. The van der Waals surface area contributed by atoms with Crippen molar-refractivity contribution in [2.24, 2.45) is 0 Å². The molecule has 20 heavy (non-hydrogen) atoms. The molecule has 0 amide bonds. The first-order valence-corrected chi connectivity index (χ1v) is 7.25. The Bertz CT molecular complexity index is 818. The number of aromatic nitrogens is 3. The van der Waals surface area contributed by atoms with Gasteiger partial charge in [0.05, 0.1) is 11.4 Å². The van der Waals surface area contributed by atoms with Crippen molar-refractivity contribution in [3.8, 4) is 0 Å². The number of thiazole rings is 1. The molecule has 3 aromatic heterocycles. The van der Waals surface area contributed by atoms with E-state index in [2.05, 4.69) is 9.97 Å². The fourth-order valence-electron chi connectivity index (χ4n) is 2.04. The van der Waals surface area contributed by atoms with Crippen molar-refractivity contribution in [3.63, 3.8) is 0 Å². The van der Waals surface area contributed by atoms with Crippen LogP contribution in [0.1, 0.15) is 23.9 Å². The normalized spacial score (nSPS) is 11.4. The highest BCUT2D eigenvalue weighted by Gasteiger charge is 2.09. The van der Waals surface area contributed by atoms with Crippen LogP contribution < -0.4 is 5.56 Å². The van der Waals surface area contributed by atoms with Crippen LogP contribution in [-0.4, -0.2) is 14.4 Å². The minimum Gasteiger partial charge on any atom is -0.269 e. The summed E-state index contributed by atoms with van der Waals surface area (Å²) in [5.41, 5.74) is 2.32. The van der Waals surface area contributed by atoms with Crippen LogP contribution in [0, 0.1) is 0 Å². The minimum absolute atomic E-state index is 0.0134. The predicted octanol–water partition coefficient (Wildman–Crippen LogP) is 2.88. The topological polar surface area (TPSA) is 47.3 Å². The molecule has 0 atom stereocenters. The Morgan fingerprint density at radius 2 is 2.25 bits per heavy atom. The van der Waals surface area contributed by atoms with Crippen LogP contribution in [0.5, 0.6) is 0 Å². The predicted molar refractivity (Wildman–Crippen MR) is 81.9 cm³/mol. The fourth-order valence-corrected chi connectivity index (χ4v) is 2.75. The summed E-state index contributed by atoms with van der Waals surface area (Å²) in [4.78, 5) is 21.8. The summed E-state index contributed by atoms with van der Waals surface area (Å²) >= 11 is 1.46. The zero-order valence-electron chi connectivity index (χ0n) is 11.0. The van der Waals surface area contributed by atoms with Crippen LogP contribution in [-0.2, 0) is 6.42 Å². The van der Waals surface area contributed by atoms with E-state index < -0.39 is 0 Å². The lowest BCUT2D eigenvalue weighted by Gasteiger charge is -2.02. The molecule has 0 bridgehead atoms. The molecule has 0 unspecified atom stereocenters. The van der Waals surface area contributed by atoms with Gasteiger partial charge in [0, 0.05) is 23.3 Å². The average Bonchev–Trinajstić information content (AvgIpc) is 2.95. The zero-order chi connectivity index (χ0) is 13.9. The van der Waals surface area contributed by atoms with E-state index in [-0.39, 0.29) is 5.56 Å². The molecule has 0 saturated heterocycles. The maximum atomic E-state index is 12.3. The first kappa shape index (κ1) is 12.7. The summed E-state index contributed by atoms with van der Waals surface area (Å²) < 4.78 is 1.60. The number of fused-ring (bicyclic) bond motifs is 1.